The Kier molecular flexibility index (Phi) is 8.86. The van der Waals surface area contributed by atoms with Gasteiger partial charge in [-0.25, -0.2) is 0 Å². The monoisotopic (exact) mass is 327 g/mol. The Morgan fingerprint density at radius 2 is 1.87 bits per heavy atom. The van der Waals surface area contributed by atoms with Gasteiger partial charge in [0, 0.05) is 7.05 Å². The van der Waals surface area contributed by atoms with Crippen LogP contribution in [-0.2, 0) is 14.1 Å². The smallest absolute Gasteiger partial charge is 0.404 e. The topological polar surface area (TPSA) is 38.8 Å². The Morgan fingerprint density at radius 1 is 1.35 bits per heavy atom. The lowest BCUT2D eigenvalue weighted by Gasteiger charge is -2.36. The second-order valence-corrected chi connectivity index (χ2v) is 7.78. The maximum atomic E-state index is 11.1. The van der Waals surface area contributed by atoms with Crippen LogP contribution in [0.15, 0.2) is 0 Å². The van der Waals surface area contributed by atoms with Gasteiger partial charge in [0.05, 0.1) is 17.6 Å². The maximum absolute atomic E-state index is 11.1. The van der Waals surface area contributed by atoms with Gasteiger partial charge in [-0.2, -0.15) is 0 Å². The molecule has 136 valence electrons. The molecule has 0 radical (unpaired) electrons. The first-order valence-electron chi connectivity index (χ1n) is 9.07. The summed E-state index contributed by atoms with van der Waals surface area (Å²) in [5.41, 5.74) is -0.0911. The molecule has 0 aromatic carbocycles. The minimum atomic E-state index is -0.354. The SMILES string of the molecule is CC.CCC(C)(C)CC1(C)OB(C(C(C)C)N(C)C=O)OC1C. The molecule has 1 heterocycles. The van der Waals surface area contributed by atoms with E-state index in [9.17, 15) is 4.79 Å². The van der Waals surface area contributed by atoms with E-state index in [-0.39, 0.29) is 36.1 Å². The molecule has 4 nitrogen and oxygen atoms in total. The standard InChI is InChI=1S/C16H32BNO3.C2H6/c1-9-15(5,6)10-16(7)13(4)20-17(21-16)14(12(2)3)18(8)11-19;1-2/h11-14H,9-10H2,1-8H3;1-2H3. The van der Waals surface area contributed by atoms with E-state index in [0.29, 0.717) is 0 Å². The molecule has 0 saturated carbocycles. The fraction of sp³-hybridized carbons (Fsp3) is 0.944. The van der Waals surface area contributed by atoms with Crippen LogP contribution in [0.3, 0.4) is 0 Å². The minimum Gasteiger partial charge on any atom is -0.404 e. The highest BCUT2D eigenvalue weighted by Crippen LogP contribution is 2.41. The third-order valence-electron chi connectivity index (χ3n) is 4.97. The molecule has 23 heavy (non-hydrogen) atoms. The van der Waals surface area contributed by atoms with Gasteiger partial charge in [0.2, 0.25) is 6.41 Å². The van der Waals surface area contributed by atoms with Crippen LogP contribution in [-0.4, -0.2) is 43.1 Å². The Hall–Kier alpha value is -0.545. The summed E-state index contributed by atoms with van der Waals surface area (Å²) < 4.78 is 12.4. The highest BCUT2D eigenvalue weighted by molar-refractivity contribution is 6.47. The van der Waals surface area contributed by atoms with Gasteiger partial charge in [0.1, 0.15) is 0 Å². The van der Waals surface area contributed by atoms with Crippen LogP contribution in [0.1, 0.15) is 75.2 Å². The van der Waals surface area contributed by atoms with Gasteiger partial charge >= 0.3 is 7.12 Å². The van der Waals surface area contributed by atoms with Crippen molar-refractivity contribution in [3.63, 3.8) is 0 Å². The highest BCUT2D eigenvalue weighted by atomic mass is 16.7. The molecule has 1 aliphatic rings. The van der Waals surface area contributed by atoms with Crippen LogP contribution in [0.2, 0.25) is 0 Å². The van der Waals surface area contributed by atoms with Gasteiger partial charge in [-0.3, -0.25) is 4.79 Å². The predicted molar refractivity (Wildman–Crippen MR) is 98.3 cm³/mol. The molecular formula is C18H38BNO3. The van der Waals surface area contributed by atoms with E-state index in [2.05, 4.69) is 48.5 Å². The predicted octanol–water partition coefficient (Wildman–Crippen LogP) is 4.17. The lowest BCUT2D eigenvalue weighted by atomic mass is 9.71. The normalized spacial score (nSPS) is 25.9. The maximum Gasteiger partial charge on any atom is 0.482 e. The molecule has 0 N–H and O–H groups in total. The fourth-order valence-electron chi connectivity index (χ4n) is 3.19. The second-order valence-electron chi connectivity index (χ2n) is 7.78. The molecule has 1 aliphatic heterocycles. The van der Waals surface area contributed by atoms with Crippen LogP contribution < -0.4 is 0 Å². The van der Waals surface area contributed by atoms with Crippen molar-refractivity contribution in [3.05, 3.63) is 0 Å². The summed E-state index contributed by atoms with van der Waals surface area (Å²) in [6, 6.07) is 0. The molecule has 1 saturated heterocycles. The lowest BCUT2D eigenvalue weighted by Crippen LogP contribution is -2.49. The van der Waals surface area contributed by atoms with Crippen molar-refractivity contribution in [1.82, 2.24) is 4.90 Å². The van der Waals surface area contributed by atoms with Gasteiger partial charge in [-0.15, -0.1) is 0 Å². The molecule has 5 heteroatoms. The number of amides is 1. The molecule has 0 aromatic heterocycles. The minimum absolute atomic E-state index is 0.0228. The Balaban J connectivity index is 0.00000232. The average molecular weight is 327 g/mol. The first kappa shape index (κ1) is 22.5. The van der Waals surface area contributed by atoms with Gasteiger partial charge in [-0.1, -0.05) is 54.9 Å². The zero-order chi connectivity index (χ0) is 18.4. The summed E-state index contributed by atoms with van der Waals surface area (Å²) in [4.78, 5) is 12.8. The molecule has 3 atom stereocenters. The molecule has 0 aliphatic carbocycles. The van der Waals surface area contributed by atoms with Gasteiger partial charge in [-0.05, 0) is 31.6 Å². The molecule has 3 unspecified atom stereocenters. The molecule has 1 fully saturated rings. The van der Waals surface area contributed by atoms with E-state index < -0.39 is 0 Å². The third-order valence-corrected chi connectivity index (χ3v) is 4.97. The van der Waals surface area contributed by atoms with Crippen molar-refractivity contribution in [1.29, 1.82) is 0 Å². The van der Waals surface area contributed by atoms with E-state index in [1.54, 1.807) is 11.9 Å². The summed E-state index contributed by atoms with van der Waals surface area (Å²) in [5.74, 6) is 0.218. The molecular weight excluding hydrogens is 289 g/mol. The summed E-state index contributed by atoms with van der Waals surface area (Å²) >= 11 is 0. The number of rotatable bonds is 7. The van der Waals surface area contributed by atoms with Crippen LogP contribution in [0.4, 0.5) is 0 Å². The van der Waals surface area contributed by atoms with Crippen molar-refractivity contribution in [3.8, 4) is 0 Å². The molecule has 0 aromatic rings. The van der Waals surface area contributed by atoms with Crippen molar-refractivity contribution >= 4 is 13.5 Å². The highest BCUT2D eigenvalue weighted by Gasteiger charge is 2.52. The molecule has 1 rings (SSSR count). The number of carbonyl (C=O) groups is 1. The van der Waals surface area contributed by atoms with E-state index in [1.165, 1.54) is 0 Å². The zero-order valence-corrected chi connectivity index (χ0v) is 17.0. The Morgan fingerprint density at radius 3 is 2.26 bits per heavy atom. The van der Waals surface area contributed by atoms with Crippen LogP contribution in [0.25, 0.3) is 0 Å². The van der Waals surface area contributed by atoms with E-state index in [0.717, 1.165) is 19.3 Å². The largest absolute Gasteiger partial charge is 0.482 e. The number of carbonyl (C=O) groups excluding carboxylic acids is 1. The summed E-state index contributed by atoms with van der Waals surface area (Å²) in [6.07, 6.45) is 2.93. The fourth-order valence-corrected chi connectivity index (χ4v) is 3.19. The number of hydrogen-bond donors (Lipinski definition) is 0. The number of nitrogens with zero attached hydrogens (tertiary/aromatic N) is 1. The summed E-state index contributed by atoms with van der Waals surface area (Å²) in [5, 5.41) is 0. The molecule has 0 spiro atoms. The zero-order valence-electron chi connectivity index (χ0n) is 17.0. The first-order chi connectivity index (χ1) is 10.6. The van der Waals surface area contributed by atoms with Crippen molar-refractivity contribution in [2.24, 2.45) is 11.3 Å². The number of hydrogen-bond acceptors (Lipinski definition) is 3. The molecule has 1 amide bonds. The quantitative estimate of drug-likeness (QED) is 0.520. The van der Waals surface area contributed by atoms with Gasteiger partial charge in [0.25, 0.3) is 0 Å². The van der Waals surface area contributed by atoms with E-state index in [4.69, 9.17) is 9.31 Å². The first-order valence-corrected chi connectivity index (χ1v) is 9.07. The summed E-state index contributed by atoms with van der Waals surface area (Å²) in [6.45, 7) is 19.1. The lowest BCUT2D eigenvalue weighted by molar-refractivity contribution is -0.118. The van der Waals surface area contributed by atoms with Gasteiger partial charge in [0.15, 0.2) is 0 Å². The van der Waals surface area contributed by atoms with E-state index >= 15 is 0 Å². The van der Waals surface area contributed by atoms with Crippen LogP contribution >= 0.6 is 0 Å². The van der Waals surface area contributed by atoms with Gasteiger partial charge < -0.3 is 14.2 Å². The molecule has 0 bridgehead atoms. The van der Waals surface area contributed by atoms with Crippen LogP contribution in [0.5, 0.6) is 0 Å². The van der Waals surface area contributed by atoms with Crippen molar-refractivity contribution in [2.45, 2.75) is 92.8 Å². The van der Waals surface area contributed by atoms with Crippen molar-refractivity contribution < 1.29 is 14.1 Å². The van der Waals surface area contributed by atoms with E-state index in [1.807, 2.05) is 13.8 Å². The third kappa shape index (κ3) is 5.79. The second kappa shape index (κ2) is 9.07. The van der Waals surface area contributed by atoms with Crippen LogP contribution in [0, 0.1) is 11.3 Å². The average Bonchev–Trinajstić information content (AvgIpc) is 2.74. The Labute approximate surface area is 144 Å². The van der Waals surface area contributed by atoms with Crippen molar-refractivity contribution in [2.75, 3.05) is 7.05 Å². The Bertz CT molecular complexity index is 362. The summed E-state index contributed by atoms with van der Waals surface area (Å²) in [7, 11) is 1.44.